The van der Waals surface area contributed by atoms with Crippen LogP contribution in [0.5, 0.6) is 0 Å². The first kappa shape index (κ1) is 11.5. The van der Waals surface area contributed by atoms with E-state index in [-0.39, 0.29) is 0 Å². The highest BCUT2D eigenvalue weighted by molar-refractivity contribution is 5.42. The fraction of sp³-hybridized carbons (Fsp3) is 0.308. The van der Waals surface area contributed by atoms with Gasteiger partial charge < -0.3 is 15.2 Å². The second kappa shape index (κ2) is 4.91. The summed E-state index contributed by atoms with van der Waals surface area (Å²) in [5.41, 5.74) is 7.79. The van der Waals surface area contributed by atoms with Crippen molar-refractivity contribution in [3.63, 3.8) is 0 Å². The van der Waals surface area contributed by atoms with Gasteiger partial charge in [0.05, 0.1) is 0 Å². The number of rotatable bonds is 4. The van der Waals surface area contributed by atoms with Crippen LogP contribution in [0.25, 0.3) is 0 Å². The Morgan fingerprint density at radius 2 is 2.24 bits per heavy atom. The molecule has 0 saturated heterocycles. The zero-order valence-corrected chi connectivity index (χ0v) is 10.3. The van der Waals surface area contributed by atoms with Gasteiger partial charge in [0.15, 0.2) is 0 Å². The van der Waals surface area contributed by atoms with Crippen molar-refractivity contribution < 1.29 is 0 Å². The highest BCUT2D eigenvalue weighted by Crippen LogP contribution is 2.15. The van der Waals surface area contributed by atoms with E-state index in [1.807, 2.05) is 42.2 Å². The molecule has 0 fully saturated rings. The number of benzene rings is 1. The normalized spacial score (nSPS) is 10.5. The van der Waals surface area contributed by atoms with Crippen LogP contribution in [-0.4, -0.2) is 16.1 Å². The number of anilines is 2. The predicted molar refractivity (Wildman–Crippen MR) is 70.8 cm³/mol. The average molecular weight is 230 g/mol. The molecule has 0 unspecified atom stereocenters. The van der Waals surface area contributed by atoms with E-state index in [4.69, 9.17) is 5.73 Å². The van der Waals surface area contributed by atoms with Gasteiger partial charge in [0, 0.05) is 38.2 Å². The molecule has 4 heteroatoms. The number of nitrogen functional groups attached to an aromatic ring is 1. The topological polar surface area (TPSA) is 47.1 Å². The first-order valence-electron chi connectivity index (χ1n) is 5.77. The Balaban J connectivity index is 2.19. The molecule has 90 valence electrons. The number of imidazole rings is 1. The molecule has 0 amide bonds. The molecule has 0 aliphatic rings. The van der Waals surface area contributed by atoms with E-state index in [9.17, 15) is 0 Å². The summed E-state index contributed by atoms with van der Waals surface area (Å²) in [7, 11) is 2.00. The lowest BCUT2D eigenvalue weighted by Crippen LogP contribution is -2.24. The number of nitrogens with two attached hydrogens (primary N) is 1. The van der Waals surface area contributed by atoms with Gasteiger partial charge in [-0.05, 0) is 24.6 Å². The number of hydrogen-bond acceptors (Lipinski definition) is 3. The predicted octanol–water partition coefficient (Wildman–Crippen LogP) is 2.03. The standard InChI is InChI=1S/C13H18N4/c1-3-17(13-15-7-8-16(13)2)10-11-5-4-6-12(14)9-11/h4-9H,3,10,14H2,1-2H3. The molecular weight excluding hydrogens is 212 g/mol. The van der Waals surface area contributed by atoms with Gasteiger partial charge in [-0.1, -0.05) is 12.1 Å². The van der Waals surface area contributed by atoms with Gasteiger partial charge in [-0.3, -0.25) is 0 Å². The summed E-state index contributed by atoms with van der Waals surface area (Å²) in [4.78, 5) is 6.58. The molecule has 0 aliphatic heterocycles. The van der Waals surface area contributed by atoms with Crippen molar-refractivity contribution in [2.45, 2.75) is 13.5 Å². The zero-order valence-electron chi connectivity index (χ0n) is 10.3. The zero-order chi connectivity index (χ0) is 12.3. The summed E-state index contributed by atoms with van der Waals surface area (Å²) in [5, 5.41) is 0. The van der Waals surface area contributed by atoms with Crippen molar-refractivity contribution in [2.24, 2.45) is 7.05 Å². The molecule has 0 aliphatic carbocycles. The minimum absolute atomic E-state index is 0.804. The van der Waals surface area contributed by atoms with Crippen LogP contribution in [0.3, 0.4) is 0 Å². The summed E-state index contributed by atoms with van der Waals surface area (Å²) in [6.07, 6.45) is 3.77. The first-order valence-corrected chi connectivity index (χ1v) is 5.77. The van der Waals surface area contributed by atoms with Crippen molar-refractivity contribution in [1.29, 1.82) is 0 Å². The molecule has 0 saturated carbocycles. The third-order valence-corrected chi connectivity index (χ3v) is 2.78. The summed E-state index contributed by atoms with van der Waals surface area (Å²) >= 11 is 0. The lowest BCUT2D eigenvalue weighted by molar-refractivity contribution is 0.754. The Labute approximate surface area is 102 Å². The van der Waals surface area contributed by atoms with Crippen molar-refractivity contribution in [2.75, 3.05) is 17.2 Å². The quantitative estimate of drug-likeness (QED) is 0.817. The Morgan fingerprint density at radius 3 is 2.82 bits per heavy atom. The number of nitrogens with zero attached hydrogens (tertiary/aromatic N) is 3. The van der Waals surface area contributed by atoms with Gasteiger partial charge in [-0.2, -0.15) is 0 Å². The molecule has 0 atom stereocenters. The highest BCUT2D eigenvalue weighted by atomic mass is 15.3. The maximum atomic E-state index is 5.79. The largest absolute Gasteiger partial charge is 0.399 e. The SMILES string of the molecule is CCN(Cc1cccc(N)c1)c1nccn1C. The molecule has 1 heterocycles. The van der Waals surface area contributed by atoms with Crippen molar-refractivity contribution >= 4 is 11.6 Å². The number of aryl methyl sites for hydroxylation is 1. The molecule has 0 spiro atoms. The van der Waals surface area contributed by atoms with Gasteiger partial charge in [-0.25, -0.2) is 4.98 Å². The molecule has 1 aromatic carbocycles. The molecule has 2 aromatic rings. The lowest BCUT2D eigenvalue weighted by atomic mass is 10.2. The van der Waals surface area contributed by atoms with Crippen molar-refractivity contribution in [3.8, 4) is 0 Å². The minimum Gasteiger partial charge on any atom is -0.399 e. The van der Waals surface area contributed by atoms with E-state index >= 15 is 0 Å². The minimum atomic E-state index is 0.804. The maximum Gasteiger partial charge on any atom is 0.205 e. The third kappa shape index (κ3) is 2.58. The van der Waals surface area contributed by atoms with E-state index in [1.54, 1.807) is 0 Å². The van der Waals surface area contributed by atoms with Gasteiger partial charge in [0.25, 0.3) is 0 Å². The van der Waals surface area contributed by atoms with Gasteiger partial charge in [0.2, 0.25) is 5.95 Å². The lowest BCUT2D eigenvalue weighted by Gasteiger charge is -2.22. The van der Waals surface area contributed by atoms with E-state index < -0.39 is 0 Å². The van der Waals surface area contributed by atoms with Crippen LogP contribution in [-0.2, 0) is 13.6 Å². The van der Waals surface area contributed by atoms with E-state index in [1.165, 1.54) is 5.56 Å². The number of hydrogen-bond donors (Lipinski definition) is 1. The smallest absolute Gasteiger partial charge is 0.205 e. The fourth-order valence-electron chi connectivity index (χ4n) is 1.90. The third-order valence-electron chi connectivity index (χ3n) is 2.78. The average Bonchev–Trinajstić information content (AvgIpc) is 2.72. The second-order valence-electron chi connectivity index (χ2n) is 4.10. The van der Waals surface area contributed by atoms with Crippen molar-refractivity contribution in [3.05, 3.63) is 42.2 Å². The van der Waals surface area contributed by atoms with Crippen molar-refractivity contribution in [1.82, 2.24) is 9.55 Å². The van der Waals surface area contributed by atoms with Crippen LogP contribution in [0.15, 0.2) is 36.7 Å². The van der Waals surface area contributed by atoms with E-state index in [0.29, 0.717) is 0 Å². The monoisotopic (exact) mass is 230 g/mol. The summed E-state index contributed by atoms with van der Waals surface area (Å²) < 4.78 is 2.02. The Bertz CT molecular complexity index is 490. The Kier molecular flexibility index (Phi) is 3.32. The molecule has 17 heavy (non-hydrogen) atoms. The van der Waals surface area contributed by atoms with Gasteiger partial charge >= 0.3 is 0 Å². The van der Waals surface area contributed by atoms with Crippen LogP contribution < -0.4 is 10.6 Å². The molecular formula is C13H18N4. The maximum absolute atomic E-state index is 5.79. The van der Waals surface area contributed by atoms with E-state index in [0.717, 1.165) is 24.7 Å². The first-order chi connectivity index (χ1) is 8.20. The highest BCUT2D eigenvalue weighted by Gasteiger charge is 2.09. The fourth-order valence-corrected chi connectivity index (χ4v) is 1.90. The molecule has 2 N–H and O–H groups in total. The molecule has 4 nitrogen and oxygen atoms in total. The molecule has 0 radical (unpaired) electrons. The van der Waals surface area contributed by atoms with Gasteiger partial charge in [0.1, 0.15) is 0 Å². The molecule has 0 bridgehead atoms. The van der Waals surface area contributed by atoms with E-state index in [2.05, 4.69) is 22.9 Å². The summed E-state index contributed by atoms with van der Waals surface area (Å²) in [5.74, 6) is 0.981. The molecule has 2 rings (SSSR count). The Hall–Kier alpha value is -1.97. The molecule has 1 aromatic heterocycles. The number of aromatic nitrogens is 2. The van der Waals surface area contributed by atoms with Crippen LogP contribution in [0.2, 0.25) is 0 Å². The van der Waals surface area contributed by atoms with Gasteiger partial charge in [-0.15, -0.1) is 0 Å². The van der Waals surface area contributed by atoms with Crippen LogP contribution >= 0.6 is 0 Å². The summed E-state index contributed by atoms with van der Waals surface area (Å²) in [6.45, 7) is 3.87. The second-order valence-corrected chi connectivity index (χ2v) is 4.10. The summed E-state index contributed by atoms with van der Waals surface area (Å²) in [6, 6.07) is 7.98. The van der Waals surface area contributed by atoms with Crippen LogP contribution in [0.4, 0.5) is 11.6 Å². The Morgan fingerprint density at radius 1 is 1.41 bits per heavy atom. The van der Waals surface area contributed by atoms with Crippen LogP contribution in [0.1, 0.15) is 12.5 Å². The van der Waals surface area contributed by atoms with Crippen LogP contribution in [0, 0.1) is 0 Å².